The Kier molecular flexibility index (Phi) is 7.34. The quantitative estimate of drug-likeness (QED) is 0.604. The van der Waals surface area contributed by atoms with Crippen LogP contribution in [0.4, 0.5) is 13.2 Å². The number of hydrogen-bond donors (Lipinski definition) is 1. The van der Waals surface area contributed by atoms with E-state index in [1.807, 2.05) is 18.2 Å². The molecule has 0 aliphatic carbocycles. The first-order valence-electron chi connectivity index (χ1n) is 9.88. The van der Waals surface area contributed by atoms with Gasteiger partial charge in [-0.25, -0.2) is 0 Å². The summed E-state index contributed by atoms with van der Waals surface area (Å²) in [5.41, 5.74) is 0.407. The lowest BCUT2D eigenvalue weighted by Crippen LogP contribution is -2.32. The summed E-state index contributed by atoms with van der Waals surface area (Å²) in [5, 5.41) is 3.45. The van der Waals surface area contributed by atoms with Crippen molar-refractivity contribution in [3.05, 3.63) is 59.7 Å². The van der Waals surface area contributed by atoms with Gasteiger partial charge in [0.1, 0.15) is 11.5 Å². The second-order valence-corrected chi connectivity index (χ2v) is 7.20. The molecule has 28 heavy (non-hydrogen) atoms. The number of nitrogens with zero attached hydrogens (tertiary/aromatic N) is 1. The third kappa shape index (κ3) is 6.53. The zero-order valence-corrected chi connectivity index (χ0v) is 16.0. The predicted molar refractivity (Wildman–Crippen MR) is 105 cm³/mol. The molecular weight excluding hydrogens is 365 g/mol. The number of piperidine rings is 1. The van der Waals surface area contributed by atoms with E-state index < -0.39 is 11.7 Å². The maximum absolute atomic E-state index is 12.6. The minimum absolute atomic E-state index is 0.389. The average Bonchev–Trinajstić information content (AvgIpc) is 2.69. The van der Waals surface area contributed by atoms with Crippen LogP contribution in [-0.2, 0) is 12.7 Å². The van der Waals surface area contributed by atoms with Crippen LogP contribution in [0.2, 0.25) is 0 Å². The van der Waals surface area contributed by atoms with Crippen molar-refractivity contribution in [2.75, 3.05) is 26.2 Å². The van der Waals surface area contributed by atoms with E-state index in [-0.39, 0.29) is 0 Å². The highest BCUT2D eigenvalue weighted by molar-refractivity contribution is 5.35. The van der Waals surface area contributed by atoms with Crippen molar-refractivity contribution in [3.8, 4) is 11.5 Å². The SMILES string of the molecule is FC(F)(F)c1ccc(Oc2cccc(CNCCCN3CCCCC3)c2)cc1. The normalized spacial score (nSPS) is 15.5. The Hall–Kier alpha value is -2.05. The topological polar surface area (TPSA) is 24.5 Å². The van der Waals surface area contributed by atoms with Crippen molar-refractivity contribution in [2.45, 2.75) is 38.4 Å². The molecule has 3 rings (SSSR count). The van der Waals surface area contributed by atoms with E-state index in [2.05, 4.69) is 10.2 Å². The summed E-state index contributed by atoms with van der Waals surface area (Å²) in [5.74, 6) is 1.01. The van der Waals surface area contributed by atoms with E-state index in [0.29, 0.717) is 11.5 Å². The summed E-state index contributed by atoms with van der Waals surface area (Å²) in [6.07, 6.45) is 0.789. The van der Waals surface area contributed by atoms with Crippen LogP contribution in [-0.4, -0.2) is 31.1 Å². The van der Waals surface area contributed by atoms with Gasteiger partial charge in [0.25, 0.3) is 0 Å². The first-order chi connectivity index (χ1) is 13.5. The molecule has 3 nitrogen and oxygen atoms in total. The van der Waals surface area contributed by atoms with Gasteiger partial charge in [0.2, 0.25) is 0 Å². The van der Waals surface area contributed by atoms with Gasteiger partial charge in [-0.05, 0) is 87.4 Å². The fraction of sp³-hybridized carbons (Fsp3) is 0.455. The van der Waals surface area contributed by atoms with Crippen LogP contribution in [0, 0.1) is 0 Å². The van der Waals surface area contributed by atoms with Gasteiger partial charge >= 0.3 is 6.18 Å². The van der Waals surface area contributed by atoms with E-state index in [0.717, 1.165) is 43.8 Å². The molecule has 0 spiro atoms. The molecule has 0 aromatic heterocycles. The first-order valence-corrected chi connectivity index (χ1v) is 9.88. The van der Waals surface area contributed by atoms with Crippen LogP contribution >= 0.6 is 0 Å². The fourth-order valence-corrected chi connectivity index (χ4v) is 3.41. The Morgan fingerprint density at radius 3 is 2.39 bits per heavy atom. The zero-order valence-electron chi connectivity index (χ0n) is 16.0. The lowest BCUT2D eigenvalue weighted by atomic mass is 10.1. The smallest absolute Gasteiger partial charge is 0.416 e. The number of likely N-dealkylation sites (tertiary alicyclic amines) is 1. The summed E-state index contributed by atoms with van der Waals surface area (Å²) in [4.78, 5) is 2.53. The Morgan fingerprint density at radius 2 is 1.68 bits per heavy atom. The molecule has 152 valence electrons. The van der Waals surface area contributed by atoms with Crippen LogP contribution in [0.15, 0.2) is 48.5 Å². The highest BCUT2D eigenvalue weighted by Gasteiger charge is 2.30. The van der Waals surface area contributed by atoms with Gasteiger partial charge in [-0.3, -0.25) is 0 Å². The minimum atomic E-state index is -4.34. The molecule has 0 radical (unpaired) electrons. The number of benzene rings is 2. The van der Waals surface area contributed by atoms with Crippen LogP contribution < -0.4 is 10.1 Å². The number of alkyl halides is 3. The maximum Gasteiger partial charge on any atom is 0.416 e. The standard InChI is InChI=1S/C22H27F3N2O/c23-22(24,25)19-8-10-20(11-9-19)28-21-7-4-6-18(16-21)17-26-12-5-15-27-13-2-1-3-14-27/h4,6-11,16,26H,1-3,5,12-15,17H2. The molecule has 2 aromatic carbocycles. The molecule has 0 saturated carbocycles. The maximum atomic E-state index is 12.6. The fourth-order valence-electron chi connectivity index (χ4n) is 3.41. The molecule has 0 amide bonds. The number of ether oxygens (including phenoxy) is 1. The second kappa shape index (κ2) is 9.94. The zero-order chi connectivity index (χ0) is 19.8. The average molecular weight is 392 g/mol. The van der Waals surface area contributed by atoms with Crippen molar-refractivity contribution >= 4 is 0 Å². The first kappa shape index (κ1) is 20.7. The highest BCUT2D eigenvalue weighted by Crippen LogP contribution is 2.31. The monoisotopic (exact) mass is 392 g/mol. The predicted octanol–water partition coefficient (Wildman–Crippen LogP) is 5.46. The van der Waals surface area contributed by atoms with E-state index in [1.165, 1.54) is 44.5 Å². The molecular formula is C22H27F3N2O. The van der Waals surface area contributed by atoms with E-state index in [9.17, 15) is 13.2 Å². The largest absolute Gasteiger partial charge is 0.457 e. The Labute approximate surface area is 164 Å². The Balaban J connectivity index is 1.43. The molecule has 0 atom stereocenters. The van der Waals surface area contributed by atoms with E-state index >= 15 is 0 Å². The summed E-state index contributed by atoms with van der Waals surface area (Å²) < 4.78 is 43.6. The number of nitrogens with one attached hydrogen (secondary N) is 1. The van der Waals surface area contributed by atoms with Gasteiger partial charge in [0, 0.05) is 6.54 Å². The van der Waals surface area contributed by atoms with Gasteiger partial charge in [-0.15, -0.1) is 0 Å². The van der Waals surface area contributed by atoms with Crippen molar-refractivity contribution in [3.63, 3.8) is 0 Å². The molecule has 1 heterocycles. The van der Waals surface area contributed by atoms with Crippen LogP contribution in [0.5, 0.6) is 11.5 Å². The van der Waals surface area contributed by atoms with Crippen molar-refractivity contribution in [2.24, 2.45) is 0 Å². The number of halogens is 3. The minimum Gasteiger partial charge on any atom is -0.457 e. The van der Waals surface area contributed by atoms with Gasteiger partial charge in [0.05, 0.1) is 5.56 Å². The van der Waals surface area contributed by atoms with Crippen molar-refractivity contribution < 1.29 is 17.9 Å². The van der Waals surface area contributed by atoms with Crippen LogP contribution in [0.3, 0.4) is 0 Å². The molecule has 1 aliphatic heterocycles. The lowest BCUT2D eigenvalue weighted by Gasteiger charge is -2.26. The molecule has 1 N–H and O–H groups in total. The third-order valence-corrected chi connectivity index (χ3v) is 4.92. The number of hydrogen-bond acceptors (Lipinski definition) is 3. The Morgan fingerprint density at radius 1 is 0.929 bits per heavy atom. The molecule has 1 fully saturated rings. The second-order valence-electron chi connectivity index (χ2n) is 7.20. The Bertz CT molecular complexity index is 725. The molecule has 1 saturated heterocycles. The molecule has 6 heteroatoms. The molecule has 1 aliphatic rings. The molecule has 0 unspecified atom stereocenters. The summed E-state index contributed by atoms with van der Waals surface area (Å²) in [6, 6.07) is 12.4. The lowest BCUT2D eigenvalue weighted by molar-refractivity contribution is -0.137. The van der Waals surface area contributed by atoms with Crippen molar-refractivity contribution in [1.29, 1.82) is 0 Å². The molecule has 0 bridgehead atoms. The summed E-state index contributed by atoms with van der Waals surface area (Å²) in [6.45, 7) is 5.29. The molecule has 2 aromatic rings. The van der Waals surface area contributed by atoms with Crippen LogP contribution in [0.1, 0.15) is 36.8 Å². The van der Waals surface area contributed by atoms with E-state index in [1.54, 1.807) is 6.07 Å². The third-order valence-electron chi connectivity index (χ3n) is 4.92. The number of rotatable bonds is 8. The van der Waals surface area contributed by atoms with Gasteiger partial charge < -0.3 is 15.0 Å². The highest BCUT2D eigenvalue weighted by atomic mass is 19.4. The van der Waals surface area contributed by atoms with Gasteiger partial charge in [-0.2, -0.15) is 13.2 Å². The van der Waals surface area contributed by atoms with Gasteiger partial charge in [-0.1, -0.05) is 18.6 Å². The van der Waals surface area contributed by atoms with Crippen LogP contribution in [0.25, 0.3) is 0 Å². The van der Waals surface area contributed by atoms with E-state index in [4.69, 9.17) is 4.74 Å². The summed E-state index contributed by atoms with van der Waals surface area (Å²) >= 11 is 0. The van der Waals surface area contributed by atoms with Gasteiger partial charge in [0.15, 0.2) is 0 Å². The van der Waals surface area contributed by atoms with Crippen molar-refractivity contribution in [1.82, 2.24) is 10.2 Å². The summed E-state index contributed by atoms with van der Waals surface area (Å²) in [7, 11) is 0.